The Kier molecular flexibility index (Phi) is 3.97. The maximum absolute atomic E-state index is 12.1. The third kappa shape index (κ3) is 3.37. The molecule has 0 bridgehead atoms. The number of nitrogens with zero attached hydrogens (tertiary/aromatic N) is 2. The molecule has 0 aliphatic rings. The normalized spacial score (nSPS) is 11.6. The van der Waals surface area contributed by atoms with Crippen LogP contribution in [0.1, 0.15) is 26.3 Å². The van der Waals surface area contributed by atoms with Crippen LogP contribution in [0.3, 0.4) is 0 Å². The molecule has 2 aromatic heterocycles. The molecule has 2 N–H and O–H groups in total. The van der Waals surface area contributed by atoms with Gasteiger partial charge >= 0.3 is 0 Å². The van der Waals surface area contributed by atoms with Crippen LogP contribution in [-0.2, 0) is 16.8 Å². The quantitative estimate of drug-likeness (QED) is 0.777. The molecule has 3 aromatic rings. The summed E-state index contributed by atoms with van der Waals surface area (Å²) < 4.78 is 1.55. The zero-order valence-electron chi connectivity index (χ0n) is 14.0. The van der Waals surface area contributed by atoms with E-state index >= 15 is 0 Å². The monoisotopic (exact) mass is 324 g/mol. The van der Waals surface area contributed by atoms with Gasteiger partial charge in [-0.2, -0.15) is 5.10 Å². The summed E-state index contributed by atoms with van der Waals surface area (Å²) in [4.78, 5) is 26.8. The van der Waals surface area contributed by atoms with Crippen LogP contribution in [0.25, 0.3) is 10.9 Å². The predicted octanol–water partition coefficient (Wildman–Crippen LogP) is 2.66. The molecule has 0 spiro atoms. The zero-order valence-corrected chi connectivity index (χ0v) is 14.0. The van der Waals surface area contributed by atoms with Gasteiger partial charge in [-0.1, -0.05) is 26.8 Å². The number of benzene rings is 1. The Balaban J connectivity index is 1.91. The maximum Gasteiger partial charge on any atom is 0.248 e. The van der Waals surface area contributed by atoms with Crippen molar-refractivity contribution in [3.05, 3.63) is 58.6 Å². The molecule has 124 valence electrons. The average Bonchev–Trinajstić information content (AvgIpc) is 2.97. The van der Waals surface area contributed by atoms with Gasteiger partial charge in [-0.15, -0.1) is 0 Å². The van der Waals surface area contributed by atoms with Crippen molar-refractivity contribution >= 4 is 22.5 Å². The lowest BCUT2D eigenvalue weighted by Gasteiger charge is -2.21. The molecule has 24 heavy (non-hydrogen) atoms. The number of H-pyrrole nitrogens is 1. The highest BCUT2D eigenvalue weighted by molar-refractivity contribution is 5.94. The van der Waals surface area contributed by atoms with E-state index in [0.29, 0.717) is 11.2 Å². The minimum atomic E-state index is -0.174. The van der Waals surface area contributed by atoms with Gasteiger partial charge in [-0.3, -0.25) is 14.3 Å². The fraction of sp³-hybridized carbons (Fsp3) is 0.278. The van der Waals surface area contributed by atoms with Crippen molar-refractivity contribution < 1.29 is 4.79 Å². The third-order valence-electron chi connectivity index (χ3n) is 3.80. The number of pyridine rings is 1. The minimum Gasteiger partial charge on any atom is -0.324 e. The number of aromatic amines is 1. The Bertz CT molecular complexity index is 934. The van der Waals surface area contributed by atoms with E-state index in [9.17, 15) is 9.59 Å². The van der Waals surface area contributed by atoms with Crippen LogP contribution >= 0.6 is 0 Å². The smallest absolute Gasteiger partial charge is 0.248 e. The first-order valence-corrected chi connectivity index (χ1v) is 7.78. The zero-order chi connectivity index (χ0) is 17.3. The molecule has 2 heterocycles. The van der Waals surface area contributed by atoms with Gasteiger partial charge in [0.05, 0.1) is 5.52 Å². The number of carbonyl (C=O) groups is 1. The van der Waals surface area contributed by atoms with Crippen LogP contribution in [0.15, 0.2) is 47.5 Å². The molecule has 0 unspecified atom stereocenters. The van der Waals surface area contributed by atoms with Gasteiger partial charge in [-0.05, 0) is 29.2 Å². The lowest BCUT2D eigenvalue weighted by Crippen LogP contribution is -2.19. The fourth-order valence-electron chi connectivity index (χ4n) is 2.70. The van der Waals surface area contributed by atoms with E-state index in [0.717, 1.165) is 10.9 Å². The predicted molar refractivity (Wildman–Crippen MR) is 94.1 cm³/mol. The van der Waals surface area contributed by atoms with E-state index in [2.05, 4.69) is 36.2 Å². The Labute approximate surface area is 139 Å². The van der Waals surface area contributed by atoms with Crippen LogP contribution in [0.2, 0.25) is 0 Å². The molecule has 1 amide bonds. The highest BCUT2D eigenvalue weighted by Crippen LogP contribution is 2.29. The molecule has 3 rings (SSSR count). The Morgan fingerprint density at radius 1 is 1.29 bits per heavy atom. The highest BCUT2D eigenvalue weighted by Gasteiger charge is 2.18. The highest BCUT2D eigenvalue weighted by atomic mass is 16.2. The summed E-state index contributed by atoms with van der Waals surface area (Å²) in [6.07, 6.45) is 3.36. The molecular formula is C18H20N4O2. The Hall–Kier alpha value is -2.89. The van der Waals surface area contributed by atoms with E-state index in [4.69, 9.17) is 0 Å². The van der Waals surface area contributed by atoms with Crippen LogP contribution in [0.4, 0.5) is 5.69 Å². The molecule has 0 aliphatic carbocycles. The van der Waals surface area contributed by atoms with Gasteiger partial charge in [0, 0.05) is 29.5 Å². The second-order valence-electron chi connectivity index (χ2n) is 6.81. The first-order valence-electron chi connectivity index (χ1n) is 7.78. The molecule has 0 aliphatic heterocycles. The van der Waals surface area contributed by atoms with Gasteiger partial charge in [0.2, 0.25) is 11.5 Å². The van der Waals surface area contributed by atoms with Gasteiger partial charge in [-0.25, -0.2) is 0 Å². The molecular weight excluding hydrogens is 304 g/mol. The number of hydrogen-bond donors (Lipinski definition) is 2. The third-order valence-corrected chi connectivity index (χ3v) is 3.80. The minimum absolute atomic E-state index is 0.142. The number of carbonyl (C=O) groups excluding carboxylic acids is 1. The molecule has 0 fully saturated rings. The van der Waals surface area contributed by atoms with Gasteiger partial charge in [0.1, 0.15) is 6.54 Å². The summed E-state index contributed by atoms with van der Waals surface area (Å²) in [7, 11) is 0. The van der Waals surface area contributed by atoms with Crippen molar-refractivity contribution in [2.75, 3.05) is 5.32 Å². The summed E-state index contributed by atoms with van der Waals surface area (Å²) in [5.41, 5.74) is 2.05. The van der Waals surface area contributed by atoms with Crippen LogP contribution in [0.5, 0.6) is 0 Å². The first kappa shape index (κ1) is 16.0. The largest absolute Gasteiger partial charge is 0.324 e. The molecule has 0 atom stereocenters. The van der Waals surface area contributed by atoms with Crippen molar-refractivity contribution in [2.24, 2.45) is 0 Å². The van der Waals surface area contributed by atoms with E-state index in [-0.39, 0.29) is 23.4 Å². The van der Waals surface area contributed by atoms with E-state index in [1.165, 1.54) is 0 Å². The van der Waals surface area contributed by atoms with Crippen LogP contribution < -0.4 is 10.9 Å². The number of hydrogen-bond acceptors (Lipinski definition) is 3. The summed E-state index contributed by atoms with van der Waals surface area (Å²) in [6, 6.07) is 8.96. The van der Waals surface area contributed by atoms with Crippen molar-refractivity contribution in [2.45, 2.75) is 32.7 Å². The first-order chi connectivity index (χ1) is 11.3. The standard InChI is InChI=1S/C18H20N4O2/c1-18(2,3)14-10-16(23)21-15-9-12(5-6-13(14)15)20-17(24)11-22-8-4-7-19-22/h4-10H,11H2,1-3H3,(H,20,24)(H,21,23). The second kappa shape index (κ2) is 5.96. The fourth-order valence-corrected chi connectivity index (χ4v) is 2.70. The number of amides is 1. The molecule has 0 saturated carbocycles. The number of fused-ring (bicyclic) bond motifs is 1. The number of aromatic nitrogens is 3. The second-order valence-corrected chi connectivity index (χ2v) is 6.81. The van der Waals surface area contributed by atoms with Gasteiger partial charge < -0.3 is 10.3 Å². The van der Waals surface area contributed by atoms with Gasteiger partial charge in [0.15, 0.2) is 0 Å². The van der Waals surface area contributed by atoms with E-state index < -0.39 is 0 Å². The van der Waals surface area contributed by atoms with Crippen molar-refractivity contribution in [1.82, 2.24) is 14.8 Å². The summed E-state index contributed by atoms with van der Waals surface area (Å²) in [5.74, 6) is -0.174. The lowest BCUT2D eigenvalue weighted by atomic mass is 9.85. The van der Waals surface area contributed by atoms with Crippen molar-refractivity contribution in [1.29, 1.82) is 0 Å². The SMILES string of the molecule is CC(C)(C)c1cc(=O)[nH]c2cc(NC(=O)Cn3cccn3)ccc12. The molecule has 0 saturated heterocycles. The van der Waals surface area contributed by atoms with Crippen LogP contribution in [0, 0.1) is 0 Å². The summed E-state index contributed by atoms with van der Waals surface area (Å²) >= 11 is 0. The number of nitrogens with one attached hydrogen (secondary N) is 2. The molecule has 1 aromatic carbocycles. The van der Waals surface area contributed by atoms with Crippen LogP contribution in [-0.4, -0.2) is 20.7 Å². The summed E-state index contributed by atoms with van der Waals surface area (Å²) in [5, 5.41) is 7.81. The molecule has 6 nitrogen and oxygen atoms in total. The topological polar surface area (TPSA) is 79.8 Å². The van der Waals surface area contributed by atoms with Gasteiger partial charge in [0.25, 0.3) is 0 Å². The Morgan fingerprint density at radius 2 is 2.08 bits per heavy atom. The lowest BCUT2D eigenvalue weighted by molar-refractivity contribution is -0.116. The van der Waals surface area contributed by atoms with Crippen molar-refractivity contribution in [3.63, 3.8) is 0 Å². The average molecular weight is 324 g/mol. The van der Waals surface area contributed by atoms with E-state index in [1.807, 2.05) is 12.1 Å². The number of rotatable bonds is 3. The molecule has 0 radical (unpaired) electrons. The Morgan fingerprint density at radius 3 is 2.75 bits per heavy atom. The van der Waals surface area contributed by atoms with E-state index in [1.54, 1.807) is 35.3 Å². The molecule has 6 heteroatoms. The number of anilines is 1. The maximum atomic E-state index is 12.1. The van der Waals surface area contributed by atoms with Crippen molar-refractivity contribution in [3.8, 4) is 0 Å². The summed E-state index contributed by atoms with van der Waals surface area (Å²) in [6.45, 7) is 6.35.